The third-order valence-electron chi connectivity index (χ3n) is 8.47. The van der Waals surface area contributed by atoms with Gasteiger partial charge in [0.15, 0.2) is 0 Å². The van der Waals surface area contributed by atoms with Gasteiger partial charge in [0.25, 0.3) is 5.91 Å². The summed E-state index contributed by atoms with van der Waals surface area (Å²) in [5.41, 5.74) is 2.51. The zero-order valence-electron chi connectivity index (χ0n) is 26.7. The lowest BCUT2D eigenvalue weighted by Crippen LogP contribution is -2.43. The normalized spacial score (nSPS) is 14.6. The predicted octanol–water partition coefficient (Wildman–Crippen LogP) is 8.76. The second kappa shape index (κ2) is 13.5. The molecule has 6 nitrogen and oxygen atoms in total. The summed E-state index contributed by atoms with van der Waals surface area (Å²) in [6.07, 6.45) is 6.00. The molecule has 2 aromatic carbocycles. The van der Waals surface area contributed by atoms with Gasteiger partial charge >= 0.3 is 5.97 Å². The number of hydrogen-bond acceptors (Lipinski definition) is 6. The van der Waals surface area contributed by atoms with Crippen LogP contribution in [0.25, 0.3) is 10.8 Å². The summed E-state index contributed by atoms with van der Waals surface area (Å²) in [5.74, 6) is 1.54. The first-order valence-electron chi connectivity index (χ1n) is 15.7. The van der Waals surface area contributed by atoms with Crippen molar-refractivity contribution in [2.75, 3.05) is 7.11 Å². The third kappa shape index (κ3) is 7.68. The van der Waals surface area contributed by atoms with E-state index in [0.717, 1.165) is 33.5 Å². The number of benzene rings is 2. The molecule has 1 amide bonds. The lowest BCUT2D eigenvalue weighted by molar-refractivity contribution is -0.142. The van der Waals surface area contributed by atoms with E-state index in [1.54, 1.807) is 17.4 Å². The van der Waals surface area contributed by atoms with E-state index in [0.29, 0.717) is 29.7 Å². The summed E-state index contributed by atoms with van der Waals surface area (Å²) in [5, 5.41) is 4.83. The number of aromatic nitrogens is 1. The number of esters is 1. The molecule has 1 N–H and O–H groups in total. The average molecular weight is 613 g/mol. The topological polar surface area (TPSA) is 77.5 Å². The smallest absolute Gasteiger partial charge is 0.328 e. The molecule has 1 aliphatic carbocycles. The molecule has 0 aliphatic heterocycles. The summed E-state index contributed by atoms with van der Waals surface area (Å²) in [4.78, 5) is 33.6. The van der Waals surface area contributed by atoms with Gasteiger partial charge in [0.1, 0.15) is 23.2 Å². The lowest BCUT2D eigenvalue weighted by Gasteiger charge is -2.19. The highest BCUT2D eigenvalue weighted by Crippen LogP contribution is 2.33. The van der Waals surface area contributed by atoms with E-state index in [1.165, 1.54) is 43.2 Å². The fourth-order valence-corrected chi connectivity index (χ4v) is 6.93. The number of amides is 1. The highest BCUT2D eigenvalue weighted by atomic mass is 32.1. The Morgan fingerprint density at radius 2 is 1.68 bits per heavy atom. The van der Waals surface area contributed by atoms with E-state index in [4.69, 9.17) is 14.5 Å². The van der Waals surface area contributed by atoms with Crippen molar-refractivity contribution in [2.45, 2.75) is 90.5 Å². The first-order valence-corrected chi connectivity index (χ1v) is 16.5. The van der Waals surface area contributed by atoms with E-state index < -0.39 is 12.0 Å². The van der Waals surface area contributed by atoms with Crippen molar-refractivity contribution in [3.63, 3.8) is 0 Å². The number of pyridine rings is 1. The molecular weight excluding hydrogens is 568 g/mol. The number of fused-ring (bicyclic) bond motifs is 1. The molecule has 0 bridgehead atoms. The summed E-state index contributed by atoms with van der Waals surface area (Å²) >= 11 is 1.66. The molecule has 0 radical (unpaired) electrons. The second-order valence-corrected chi connectivity index (χ2v) is 14.5. The van der Waals surface area contributed by atoms with Gasteiger partial charge in [0.05, 0.1) is 7.11 Å². The molecule has 232 valence electrons. The minimum Gasteiger partial charge on any atom is -0.467 e. The molecule has 1 aliphatic rings. The van der Waals surface area contributed by atoms with Crippen molar-refractivity contribution in [1.82, 2.24) is 10.3 Å². The Hall–Kier alpha value is -3.71. The van der Waals surface area contributed by atoms with Crippen LogP contribution in [0.5, 0.6) is 11.5 Å². The zero-order chi connectivity index (χ0) is 31.4. The van der Waals surface area contributed by atoms with E-state index in [-0.39, 0.29) is 11.3 Å². The first-order chi connectivity index (χ1) is 21.0. The van der Waals surface area contributed by atoms with Gasteiger partial charge in [0.2, 0.25) is 0 Å². The number of ether oxygens (including phenoxy) is 2. The fraction of sp³-hybridized carbons (Fsp3) is 0.432. The van der Waals surface area contributed by atoms with Crippen LogP contribution in [-0.4, -0.2) is 30.0 Å². The van der Waals surface area contributed by atoms with Crippen LogP contribution in [0.3, 0.4) is 0 Å². The quantitative estimate of drug-likeness (QED) is 0.181. The Bertz CT molecular complexity index is 1610. The molecule has 5 rings (SSSR count). The molecule has 1 saturated carbocycles. The van der Waals surface area contributed by atoms with E-state index in [2.05, 4.69) is 58.1 Å². The Labute approximate surface area is 265 Å². The molecule has 2 heterocycles. The monoisotopic (exact) mass is 612 g/mol. The zero-order valence-corrected chi connectivity index (χ0v) is 27.6. The second-order valence-electron chi connectivity index (χ2n) is 13.3. The predicted molar refractivity (Wildman–Crippen MR) is 178 cm³/mol. The largest absolute Gasteiger partial charge is 0.467 e. The maximum Gasteiger partial charge on any atom is 0.328 e. The standard InChI is InChI=1S/C37H44N2O4S/c1-23(2)34-18-16-29(44-34)22-33(36(41)42-6)39-35(40)32-21-25-20-28(43-27-13-11-26(12-14-27)37(3,4)5)15-17-30(25)31(38-32)19-24-9-7-8-10-24/h11-18,20-21,23-24,33H,7-10,19,22H2,1-6H3,(H,39,40). The van der Waals surface area contributed by atoms with E-state index in [9.17, 15) is 9.59 Å². The number of methoxy groups -OCH3 is 1. The molecule has 1 unspecified atom stereocenters. The highest BCUT2D eigenvalue weighted by molar-refractivity contribution is 7.12. The Kier molecular flexibility index (Phi) is 9.74. The minimum absolute atomic E-state index is 0.0643. The molecule has 2 aromatic heterocycles. The van der Waals surface area contributed by atoms with Crippen LogP contribution in [0.4, 0.5) is 0 Å². The Balaban J connectivity index is 1.43. The van der Waals surface area contributed by atoms with Crippen molar-refractivity contribution in [3.8, 4) is 11.5 Å². The summed E-state index contributed by atoms with van der Waals surface area (Å²) in [7, 11) is 1.35. The number of carbonyl (C=O) groups is 2. The van der Waals surface area contributed by atoms with Gasteiger partial charge in [-0.25, -0.2) is 9.78 Å². The maximum atomic E-state index is 13.7. The number of nitrogens with one attached hydrogen (secondary N) is 1. The third-order valence-corrected chi connectivity index (χ3v) is 9.88. The van der Waals surface area contributed by atoms with Crippen LogP contribution in [-0.2, 0) is 27.8 Å². The van der Waals surface area contributed by atoms with Crippen molar-refractivity contribution >= 4 is 34.0 Å². The number of nitrogens with zero attached hydrogens (tertiary/aromatic N) is 1. The van der Waals surface area contributed by atoms with Crippen molar-refractivity contribution < 1.29 is 19.1 Å². The van der Waals surface area contributed by atoms with Crippen molar-refractivity contribution in [2.24, 2.45) is 5.92 Å². The average Bonchev–Trinajstić information content (AvgIpc) is 3.68. The van der Waals surface area contributed by atoms with Gasteiger partial charge in [-0.2, -0.15) is 0 Å². The SMILES string of the molecule is COC(=O)C(Cc1ccc(C(C)C)s1)NC(=O)c1cc2cc(Oc3ccc(C(C)(C)C)cc3)ccc2c(CC2CCCC2)n1. The van der Waals surface area contributed by atoms with E-state index >= 15 is 0 Å². The molecule has 1 atom stereocenters. The van der Waals surface area contributed by atoms with Crippen molar-refractivity contribution in [3.05, 3.63) is 87.4 Å². The van der Waals surface area contributed by atoms with Crippen molar-refractivity contribution in [1.29, 1.82) is 0 Å². The fourth-order valence-electron chi connectivity index (χ4n) is 5.87. The lowest BCUT2D eigenvalue weighted by atomic mass is 9.87. The van der Waals surface area contributed by atoms with Crippen LogP contribution in [0, 0.1) is 5.92 Å². The molecule has 7 heteroatoms. The van der Waals surface area contributed by atoms with Gasteiger partial charge in [-0.15, -0.1) is 11.3 Å². The molecular formula is C37H44N2O4S. The number of rotatable bonds is 10. The van der Waals surface area contributed by atoms with Crippen LogP contribution in [0.15, 0.2) is 60.7 Å². The minimum atomic E-state index is -0.812. The van der Waals surface area contributed by atoms with Gasteiger partial charge < -0.3 is 14.8 Å². The maximum absolute atomic E-state index is 13.7. The van der Waals surface area contributed by atoms with Crippen LogP contribution in [0.2, 0.25) is 0 Å². The highest BCUT2D eigenvalue weighted by Gasteiger charge is 2.26. The summed E-state index contributed by atoms with van der Waals surface area (Å²) in [6.45, 7) is 10.9. The van der Waals surface area contributed by atoms with E-state index in [1.807, 2.05) is 36.4 Å². The molecule has 1 fully saturated rings. The van der Waals surface area contributed by atoms with Gasteiger partial charge in [-0.05, 0) is 83.2 Å². The molecule has 0 saturated heterocycles. The molecule has 4 aromatic rings. The number of thiophene rings is 1. The molecule has 0 spiro atoms. The van der Waals surface area contributed by atoms with Gasteiger partial charge in [-0.3, -0.25) is 4.79 Å². The Morgan fingerprint density at radius 1 is 0.977 bits per heavy atom. The van der Waals surface area contributed by atoms with Crippen LogP contribution >= 0.6 is 11.3 Å². The number of hydrogen-bond donors (Lipinski definition) is 1. The summed E-state index contributed by atoms with van der Waals surface area (Å²) < 4.78 is 11.3. The molecule has 44 heavy (non-hydrogen) atoms. The van der Waals surface area contributed by atoms with Gasteiger partial charge in [0, 0.05) is 27.3 Å². The Morgan fingerprint density at radius 3 is 2.32 bits per heavy atom. The van der Waals surface area contributed by atoms with Gasteiger partial charge in [-0.1, -0.05) is 72.4 Å². The van der Waals surface area contributed by atoms with Crippen LogP contribution < -0.4 is 10.1 Å². The first kappa shape index (κ1) is 31.7. The number of carbonyl (C=O) groups excluding carboxylic acids is 2. The summed E-state index contributed by atoms with van der Waals surface area (Å²) in [6, 6.07) is 19.3. The van der Waals surface area contributed by atoms with Crippen LogP contribution in [0.1, 0.15) is 97.7 Å².